The van der Waals surface area contributed by atoms with Crippen LogP contribution in [0.2, 0.25) is 0 Å². The quantitative estimate of drug-likeness (QED) is 0.892. The number of benzene rings is 1. The van der Waals surface area contributed by atoms with Crippen LogP contribution < -0.4 is 10.6 Å². The summed E-state index contributed by atoms with van der Waals surface area (Å²) < 4.78 is 0. The van der Waals surface area contributed by atoms with E-state index in [0.717, 1.165) is 18.5 Å². The molecule has 1 fully saturated rings. The Morgan fingerprint density at radius 2 is 2.11 bits per heavy atom. The van der Waals surface area contributed by atoms with Gasteiger partial charge in [0.1, 0.15) is 0 Å². The minimum absolute atomic E-state index is 0. The molecule has 2 N–H and O–H groups in total. The smallest absolute Gasteiger partial charge is 0.222 e. The van der Waals surface area contributed by atoms with Gasteiger partial charge in [0.05, 0.1) is 6.04 Å². The Hall–Kier alpha value is -1.06. The molecular formula is C15H23ClN2O. The highest BCUT2D eigenvalue weighted by molar-refractivity contribution is 5.85. The van der Waals surface area contributed by atoms with Gasteiger partial charge in [-0.1, -0.05) is 29.8 Å². The summed E-state index contributed by atoms with van der Waals surface area (Å²) in [5.74, 6) is 0.141. The van der Waals surface area contributed by atoms with Gasteiger partial charge in [-0.2, -0.15) is 0 Å². The summed E-state index contributed by atoms with van der Waals surface area (Å²) in [6, 6.07) is 8.77. The van der Waals surface area contributed by atoms with E-state index in [1.165, 1.54) is 12.0 Å². The Labute approximate surface area is 121 Å². The molecule has 19 heavy (non-hydrogen) atoms. The van der Waals surface area contributed by atoms with Crippen molar-refractivity contribution in [3.05, 3.63) is 35.4 Å². The van der Waals surface area contributed by atoms with E-state index >= 15 is 0 Å². The lowest BCUT2D eigenvalue weighted by atomic mass is 10.1. The van der Waals surface area contributed by atoms with E-state index in [0.29, 0.717) is 12.5 Å². The topological polar surface area (TPSA) is 41.1 Å². The summed E-state index contributed by atoms with van der Waals surface area (Å²) >= 11 is 0. The third-order valence-electron chi connectivity index (χ3n) is 3.55. The van der Waals surface area contributed by atoms with Crippen LogP contribution in [0.5, 0.6) is 0 Å². The summed E-state index contributed by atoms with van der Waals surface area (Å²) in [5.41, 5.74) is 2.40. The standard InChI is InChI=1S/C15H22N2O.ClH/c1-11-5-7-13(8-6-11)12(2)17-15(18)10-14-4-3-9-16-14;/h5-8,12,14,16H,3-4,9-10H2,1-2H3,(H,17,18);1H. The van der Waals surface area contributed by atoms with Crippen molar-refractivity contribution in [1.82, 2.24) is 10.6 Å². The first-order chi connectivity index (χ1) is 8.65. The first-order valence-corrected chi connectivity index (χ1v) is 6.74. The van der Waals surface area contributed by atoms with Crippen LogP contribution in [-0.2, 0) is 4.79 Å². The highest BCUT2D eigenvalue weighted by atomic mass is 35.5. The summed E-state index contributed by atoms with van der Waals surface area (Å²) in [6.07, 6.45) is 2.90. The number of hydrogen-bond donors (Lipinski definition) is 2. The van der Waals surface area contributed by atoms with Crippen LogP contribution in [0.25, 0.3) is 0 Å². The van der Waals surface area contributed by atoms with Crippen LogP contribution in [-0.4, -0.2) is 18.5 Å². The van der Waals surface area contributed by atoms with E-state index in [-0.39, 0.29) is 24.4 Å². The van der Waals surface area contributed by atoms with E-state index < -0.39 is 0 Å². The fraction of sp³-hybridized carbons (Fsp3) is 0.533. The average Bonchev–Trinajstić information content (AvgIpc) is 2.82. The van der Waals surface area contributed by atoms with Crippen molar-refractivity contribution in [3.63, 3.8) is 0 Å². The van der Waals surface area contributed by atoms with Crippen LogP contribution in [0.1, 0.15) is 43.4 Å². The van der Waals surface area contributed by atoms with E-state index in [2.05, 4.69) is 41.8 Å². The van der Waals surface area contributed by atoms with Crippen LogP contribution in [0.3, 0.4) is 0 Å². The van der Waals surface area contributed by atoms with E-state index in [4.69, 9.17) is 0 Å². The maximum Gasteiger partial charge on any atom is 0.222 e. The van der Waals surface area contributed by atoms with Gasteiger partial charge in [-0.25, -0.2) is 0 Å². The van der Waals surface area contributed by atoms with Gasteiger partial charge in [-0.3, -0.25) is 4.79 Å². The Balaban J connectivity index is 0.00000180. The largest absolute Gasteiger partial charge is 0.350 e. The summed E-state index contributed by atoms with van der Waals surface area (Å²) in [5, 5.41) is 6.41. The van der Waals surface area contributed by atoms with E-state index in [1.54, 1.807) is 0 Å². The molecule has 4 heteroatoms. The predicted molar refractivity (Wildman–Crippen MR) is 80.6 cm³/mol. The highest BCUT2D eigenvalue weighted by Crippen LogP contribution is 2.14. The van der Waals surface area contributed by atoms with Crippen molar-refractivity contribution in [2.75, 3.05) is 6.54 Å². The van der Waals surface area contributed by atoms with Crippen LogP contribution >= 0.6 is 12.4 Å². The second-order valence-corrected chi connectivity index (χ2v) is 5.20. The van der Waals surface area contributed by atoms with Crippen LogP contribution in [0.4, 0.5) is 0 Å². The van der Waals surface area contributed by atoms with Crippen molar-refractivity contribution < 1.29 is 4.79 Å². The molecule has 2 unspecified atom stereocenters. The summed E-state index contributed by atoms with van der Waals surface area (Å²) in [6.45, 7) is 5.15. The van der Waals surface area contributed by atoms with Gasteiger partial charge in [-0.05, 0) is 38.8 Å². The number of carbonyl (C=O) groups excluding carboxylic acids is 1. The van der Waals surface area contributed by atoms with Crippen molar-refractivity contribution in [3.8, 4) is 0 Å². The zero-order valence-electron chi connectivity index (χ0n) is 11.6. The van der Waals surface area contributed by atoms with Crippen molar-refractivity contribution in [1.29, 1.82) is 0 Å². The third-order valence-corrected chi connectivity index (χ3v) is 3.55. The van der Waals surface area contributed by atoms with Gasteiger partial charge in [0.25, 0.3) is 0 Å². The molecule has 1 saturated heterocycles. The minimum atomic E-state index is 0. The fourth-order valence-corrected chi connectivity index (χ4v) is 2.39. The molecule has 1 heterocycles. The molecule has 1 aliphatic rings. The fourth-order valence-electron chi connectivity index (χ4n) is 2.39. The van der Waals surface area contributed by atoms with Gasteiger partial charge in [0, 0.05) is 12.5 Å². The molecule has 1 aliphatic heterocycles. The molecule has 0 spiro atoms. The number of carbonyl (C=O) groups is 1. The Morgan fingerprint density at radius 1 is 1.42 bits per heavy atom. The second-order valence-electron chi connectivity index (χ2n) is 5.20. The highest BCUT2D eigenvalue weighted by Gasteiger charge is 2.18. The Morgan fingerprint density at radius 3 is 2.68 bits per heavy atom. The van der Waals surface area contributed by atoms with E-state index in [1.807, 2.05) is 6.92 Å². The molecule has 1 aromatic carbocycles. The lowest BCUT2D eigenvalue weighted by Gasteiger charge is -2.16. The minimum Gasteiger partial charge on any atom is -0.350 e. The first kappa shape index (κ1) is 16.0. The van der Waals surface area contributed by atoms with Crippen LogP contribution in [0, 0.1) is 6.92 Å². The molecule has 0 bridgehead atoms. The predicted octanol–water partition coefficient (Wildman–Crippen LogP) is 2.74. The first-order valence-electron chi connectivity index (χ1n) is 6.74. The number of nitrogens with one attached hydrogen (secondary N) is 2. The van der Waals surface area contributed by atoms with Gasteiger partial charge in [0.2, 0.25) is 5.91 Å². The van der Waals surface area contributed by atoms with Gasteiger partial charge >= 0.3 is 0 Å². The monoisotopic (exact) mass is 282 g/mol. The molecular weight excluding hydrogens is 260 g/mol. The lowest BCUT2D eigenvalue weighted by molar-refractivity contribution is -0.122. The van der Waals surface area contributed by atoms with Crippen LogP contribution in [0.15, 0.2) is 24.3 Å². The molecule has 1 amide bonds. The Bertz CT molecular complexity index is 399. The molecule has 0 radical (unpaired) electrons. The zero-order chi connectivity index (χ0) is 13.0. The number of aryl methyl sites for hydroxylation is 1. The van der Waals surface area contributed by atoms with Crippen molar-refractivity contribution in [2.45, 2.75) is 45.2 Å². The number of halogens is 1. The van der Waals surface area contributed by atoms with Gasteiger partial charge < -0.3 is 10.6 Å². The molecule has 1 aromatic rings. The summed E-state index contributed by atoms with van der Waals surface area (Å²) in [7, 11) is 0. The molecule has 0 saturated carbocycles. The number of hydrogen-bond acceptors (Lipinski definition) is 2. The molecule has 0 aliphatic carbocycles. The number of rotatable bonds is 4. The molecule has 3 nitrogen and oxygen atoms in total. The second kappa shape index (κ2) is 7.51. The maximum absolute atomic E-state index is 11.9. The third kappa shape index (κ3) is 4.84. The maximum atomic E-state index is 11.9. The van der Waals surface area contributed by atoms with Gasteiger partial charge in [-0.15, -0.1) is 12.4 Å². The zero-order valence-corrected chi connectivity index (χ0v) is 12.4. The van der Waals surface area contributed by atoms with Crippen molar-refractivity contribution >= 4 is 18.3 Å². The molecule has 2 rings (SSSR count). The summed E-state index contributed by atoms with van der Waals surface area (Å²) in [4.78, 5) is 11.9. The van der Waals surface area contributed by atoms with Gasteiger partial charge in [0.15, 0.2) is 0 Å². The SMILES string of the molecule is Cc1ccc(C(C)NC(=O)CC2CCCN2)cc1.Cl. The molecule has 0 aromatic heterocycles. The Kier molecular flexibility index (Phi) is 6.32. The molecule has 106 valence electrons. The lowest BCUT2D eigenvalue weighted by Crippen LogP contribution is -2.33. The number of amides is 1. The molecule has 2 atom stereocenters. The average molecular weight is 283 g/mol. The van der Waals surface area contributed by atoms with Crippen molar-refractivity contribution in [2.24, 2.45) is 0 Å². The van der Waals surface area contributed by atoms with E-state index in [9.17, 15) is 4.79 Å². The normalized spacial score (nSPS) is 19.6.